The molecule has 2 aromatic carbocycles. The Kier molecular flexibility index (Phi) is 6.88. The van der Waals surface area contributed by atoms with Gasteiger partial charge in [0.05, 0.1) is 25.7 Å². The van der Waals surface area contributed by atoms with Crippen molar-refractivity contribution in [3.05, 3.63) is 59.7 Å². The summed E-state index contributed by atoms with van der Waals surface area (Å²) in [5.41, 5.74) is 2.83. The lowest BCUT2D eigenvalue weighted by Crippen LogP contribution is -2.32. The number of amides is 2. The molecule has 2 amide bonds. The maximum atomic E-state index is 12.7. The highest BCUT2D eigenvalue weighted by Crippen LogP contribution is 2.28. The molecular formula is C23H28N2O4. The van der Waals surface area contributed by atoms with Gasteiger partial charge < -0.3 is 19.7 Å². The molecule has 6 nitrogen and oxygen atoms in total. The highest BCUT2D eigenvalue weighted by Gasteiger charge is 2.35. The summed E-state index contributed by atoms with van der Waals surface area (Å²) in [5.74, 6) is 0.156. The molecule has 1 fully saturated rings. The van der Waals surface area contributed by atoms with Gasteiger partial charge in [-0.2, -0.15) is 0 Å². The van der Waals surface area contributed by atoms with Gasteiger partial charge in [0.1, 0.15) is 5.75 Å². The minimum absolute atomic E-state index is 0.0517. The summed E-state index contributed by atoms with van der Waals surface area (Å²) in [6.07, 6.45) is 0.353. The van der Waals surface area contributed by atoms with Crippen molar-refractivity contribution in [2.45, 2.75) is 39.5 Å². The van der Waals surface area contributed by atoms with E-state index in [0.29, 0.717) is 25.4 Å². The molecule has 1 N–H and O–H groups in total. The molecule has 0 bridgehead atoms. The van der Waals surface area contributed by atoms with Crippen LogP contribution in [0, 0.1) is 5.92 Å². The van der Waals surface area contributed by atoms with Gasteiger partial charge in [0, 0.05) is 31.3 Å². The Labute approximate surface area is 171 Å². The molecule has 1 unspecified atom stereocenters. The van der Waals surface area contributed by atoms with Gasteiger partial charge in [-0.25, -0.2) is 0 Å². The van der Waals surface area contributed by atoms with Crippen molar-refractivity contribution in [2.75, 3.05) is 18.6 Å². The third-order valence-corrected chi connectivity index (χ3v) is 5.00. The molecule has 0 saturated carbocycles. The molecule has 1 atom stereocenters. The maximum absolute atomic E-state index is 12.7. The largest absolute Gasteiger partial charge is 0.497 e. The molecular weight excluding hydrogens is 368 g/mol. The van der Waals surface area contributed by atoms with Gasteiger partial charge in [-0.3, -0.25) is 9.59 Å². The van der Waals surface area contributed by atoms with Crippen LogP contribution >= 0.6 is 0 Å². The molecule has 0 aliphatic carbocycles. The first-order valence-corrected chi connectivity index (χ1v) is 9.88. The van der Waals surface area contributed by atoms with Gasteiger partial charge in [0.2, 0.25) is 11.8 Å². The average molecular weight is 396 g/mol. The maximum Gasteiger partial charge on any atom is 0.227 e. The molecule has 0 radical (unpaired) electrons. The fourth-order valence-corrected chi connectivity index (χ4v) is 3.37. The molecule has 3 rings (SSSR count). The first-order chi connectivity index (χ1) is 14.0. The quantitative estimate of drug-likeness (QED) is 0.744. The standard InChI is InChI=1S/C23H28N2O4/c1-16(2)29-15-18-8-5-4-7-17(18)13-24-23(27)19-11-22(26)25(14-19)20-9-6-10-21(12-20)28-3/h4-10,12,16,19H,11,13-15H2,1-3H3,(H,24,27). The van der Waals surface area contributed by atoms with Crippen molar-refractivity contribution in [1.82, 2.24) is 5.32 Å². The minimum atomic E-state index is -0.368. The van der Waals surface area contributed by atoms with E-state index in [1.54, 1.807) is 12.0 Å². The monoisotopic (exact) mass is 396 g/mol. The molecule has 1 aliphatic rings. The number of benzene rings is 2. The number of nitrogens with one attached hydrogen (secondary N) is 1. The SMILES string of the molecule is COc1cccc(N2CC(C(=O)NCc3ccccc3COC(C)C)CC2=O)c1. The Balaban J connectivity index is 1.60. The summed E-state index contributed by atoms with van der Waals surface area (Å²) >= 11 is 0. The van der Waals surface area contributed by atoms with E-state index in [2.05, 4.69) is 5.32 Å². The molecule has 0 aromatic heterocycles. The highest BCUT2D eigenvalue weighted by atomic mass is 16.5. The van der Waals surface area contributed by atoms with Gasteiger partial charge in [0.15, 0.2) is 0 Å². The Morgan fingerprint density at radius 3 is 2.66 bits per heavy atom. The summed E-state index contributed by atoms with van der Waals surface area (Å²) in [7, 11) is 1.59. The van der Waals surface area contributed by atoms with E-state index in [0.717, 1.165) is 16.8 Å². The molecule has 2 aromatic rings. The fourth-order valence-electron chi connectivity index (χ4n) is 3.37. The summed E-state index contributed by atoms with van der Waals surface area (Å²) in [6.45, 7) is 5.29. The van der Waals surface area contributed by atoms with Gasteiger partial charge >= 0.3 is 0 Å². The molecule has 1 aliphatic heterocycles. The predicted molar refractivity (Wildman–Crippen MR) is 112 cm³/mol. The topological polar surface area (TPSA) is 67.9 Å². The van der Waals surface area contributed by atoms with Crippen LogP contribution in [-0.2, 0) is 27.5 Å². The first kappa shape index (κ1) is 20.9. The third-order valence-electron chi connectivity index (χ3n) is 5.00. The van der Waals surface area contributed by atoms with Crippen molar-refractivity contribution < 1.29 is 19.1 Å². The number of carbonyl (C=O) groups is 2. The lowest BCUT2D eigenvalue weighted by atomic mass is 10.1. The van der Waals surface area contributed by atoms with Crippen LogP contribution in [0.2, 0.25) is 0 Å². The molecule has 1 saturated heterocycles. The van der Waals surface area contributed by atoms with Crippen LogP contribution in [0.5, 0.6) is 5.75 Å². The predicted octanol–water partition coefficient (Wildman–Crippen LogP) is 3.29. The molecule has 29 heavy (non-hydrogen) atoms. The normalized spacial score (nSPS) is 16.3. The van der Waals surface area contributed by atoms with Crippen LogP contribution in [0.15, 0.2) is 48.5 Å². The number of hydrogen-bond acceptors (Lipinski definition) is 4. The number of hydrogen-bond donors (Lipinski definition) is 1. The van der Waals surface area contributed by atoms with E-state index < -0.39 is 0 Å². The molecule has 6 heteroatoms. The minimum Gasteiger partial charge on any atom is -0.497 e. The van der Waals surface area contributed by atoms with Gasteiger partial charge in [-0.15, -0.1) is 0 Å². The Bertz CT molecular complexity index is 865. The summed E-state index contributed by atoms with van der Waals surface area (Å²) < 4.78 is 10.9. The van der Waals surface area contributed by atoms with Crippen molar-refractivity contribution in [3.63, 3.8) is 0 Å². The zero-order valence-electron chi connectivity index (χ0n) is 17.2. The van der Waals surface area contributed by atoms with E-state index >= 15 is 0 Å². The van der Waals surface area contributed by atoms with Gasteiger partial charge in [-0.1, -0.05) is 30.3 Å². The van der Waals surface area contributed by atoms with Crippen LogP contribution in [0.1, 0.15) is 31.4 Å². The second-order valence-electron chi connectivity index (χ2n) is 7.45. The number of methoxy groups -OCH3 is 1. The number of rotatable bonds is 8. The van der Waals surface area contributed by atoms with Crippen molar-refractivity contribution >= 4 is 17.5 Å². The number of ether oxygens (including phenoxy) is 2. The summed E-state index contributed by atoms with van der Waals surface area (Å²) in [4.78, 5) is 26.8. The first-order valence-electron chi connectivity index (χ1n) is 9.88. The second kappa shape index (κ2) is 9.56. The zero-order chi connectivity index (χ0) is 20.8. The average Bonchev–Trinajstić information content (AvgIpc) is 3.12. The molecule has 154 valence electrons. The van der Waals surface area contributed by atoms with Crippen LogP contribution in [0.4, 0.5) is 5.69 Å². The lowest BCUT2D eigenvalue weighted by Gasteiger charge is -2.18. The summed E-state index contributed by atoms with van der Waals surface area (Å²) in [5, 5.41) is 2.99. The van der Waals surface area contributed by atoms with Crippen molar-refractivity contribution in [2.24, 2.45) is 5.92 Å². The third kappa shape index (κ3) is 5.35. The smallest absolute Gasteiger partial charge is 0.227 e. The zero-order valence-corrected chi connectivity index (χ0v) is 17.2. The molecule has 1 heterocycles. The highest BCUT2D eigenvalue weighted by molar-refractivity contribution is 6.00. The van der Waals surface area contributed by atoms with Crippen LogP contribution < -0.4 is 15.0 Å². The van der Waals surface area contributed by atoms with Crippen LogP contribution in [-0.4, -0.2) is 31.6 Å². The summed E-state index contributed by atoms with van der Waals surface area (Å²) in [6, 6.07) is 15.2. The van der Waals surface area contributed by atoms with E-state index in [1.807, 2.05) is 62.4 Å². The van der Waals surface area contributed by atoms with E-state index in [4.69, 9.17) is 9.47 Å². The fraction of sp³-hybridized carbons (Fsp3) is 0.391. The lowest BCUT2D eigenvalue weighted by molar-refractivity contribution is -0.126. The second-order valence-corrected chi connectivity index (χ2v) is 7.45. The van der Waals surface area contributed by atoms with E-state index in [-0.39, 0.29) is 30.3 Å². The van der Waals surface area contributed by atoms with E-state index in [9.17, 15) is 9.59 Å². The Morgan fingerprint density at radius 2 is 1.93 bits per heavy atom. The van der Waals surface area contributed by atoms with Crippen LogP contribution in [0.25, 0.3) is 0 Å². The van der Waals surface area contributed by atoms with E-state index in [1.165, 1.54) is 0 Å². The Morgan fingerprint density at radius 1 is 1.17 bits per heavy atom. The molecule has 0 spiro atoms. The number of nitrogens with zero attached hydrogens (tertiary/aromatic N) is 1. The number of carbonyl (C=O) groups excluding carboxylic acids is 2. The van der Waals surface area contributed by atoms with Gasteiger partial charge in [0.25, 0.3) is 0 Å². The van der Waals surface area contributed by atoms with Gasteiger partial charge in [-0.05, 0) is 37.1 Å². The van der Waals surface area contributed by atoms with Crippen molar-refractivity contribution in [3.8, 4) is 5.75 Å². The Hall–Kier alpha value is -2.86. The van der Waals surface area contributed by atoms with Crippen molar-refractivity contribution in [1.29, 1.82) is 0 Å². The number of anilines is 1. The van der Waals surface area contributed by atoms with Crippen LogP contribution in [0.3, 0.4) is 0 Å².